The van der Waals surface area contributed by atoms with Crippen LogP contribution in [0.5, 0.6) is 0 Å². The first kappa shape index (κ1) is 18.0. The Balaban J connectivity index is 1.79. The molecular formula is C18H26N4O2. The van der Waals surface area contributed by atoms with Gasteiger partial charge in [-0.2, -0.15) is 5.10 Å². The number of nitrogens with zero attached hydrogens (tertiary/aromatic N) is 2. The number of carbonyl (C=O) groups is 1. The summed E-state index contributed by atoms with van der Waals surface area (Å²) in [6, 6.07) is 9.20. The molecule has 1 heterocycles. The second-order valence-electron chi connectivity index (χ2n) is 5.88. The number of aromatic nitrogens is 2. The first-order chi connectivity index (χ1) is 11.6. The van der Waals surface area contributed by atoms with Crippen molar-refractivity contribution in [2.75, 3.05) is 11.9 Å². The average Bonchev–Trinajstić information content (AvgIpc) is 3.09. The highest BCUT2D eigenvalue weighted by Crippen LogP contribution is 2.13. The predicted octanol–water partition coefficient (Wildman–Crippen LogP) is 2.85. The van der Waals surface area contributed by atoms with E-state index in [9.17, 15) is 9.90 Å². The molecule has 2 amide bonds. The van der Waals surface area contributed by atoms with Crippen molar-refractivity contribution in [2.24, 2.45) is 5.92 Å². The lowest BCUT2D eigenvalue weighted by Crippen LogP contribution is -2.38. The van der Waals surface area contributed by atoms with E-state index in [1.807, 2.05) is 55.1 Å². The number of hydrogen-bond donors (Lipinski definition) is 3. The van der Waals surface area contributed by atoms with E-state index in [-0.39, 0.29) is 18.5 Å². The van der Waals surface area contributed by atoms with Crippen molar-refractivity contribution in [2.45, 2.75) is 39.3 Å². The second kappa shape index (κ2) is 9.08. The Labute approximate surface area is 142 Å². The molecule has 0 saturated heterocycles. The summed E-state index contributed by atoms with van der Waals surface area (Å²) >= 11 is 0. The topological polar surface area (TPSA) is 79.2 Å². The van der Waals surface area contributed by atoms with Gasteiger partial charge in [0.2, 0.25) is 0 Å². The van der Waals surface area contributed by atoms with Crippen LogP contribution in [0.1, 0.15) is 32.3 Å². The Morgan fingerprint density at radius 2 is 1.96 bits per heavy atom. The first-order valence-corrected chi connectivity index (χ1v) is 8.41. The molecule has 0 aliphatic rings. The molecule has 0 aliphatic heterocycles. The molecule has 2 aromatic rings. The number of nitrogens with one attached hydrogen (secondary N) is 2. The fourth-order valence-corrected chi connectivity index (χ4v) is 2.65. The third-order valence-electron chi connectivity index (χ3n) is 4.18. The summed E-state index contributed by atoms with van der Waals surface area (Å²) in [6.07, 6.45) is 4.94. The monoisotopic (exact) mass is 330 g/mol. The number of hydrogen-bond acceptors (Lipinski definition) is 3. The van der Waals surface area contributed by atoms with Gasteiger partial charge in [-0.25, -0.2) is 4.79 Å². The summed E-state index contributed by atoms with van der Waals surface area (Å²) in [5.41, 5.74) is 1.82. The summed E-state index contributed by atoms with van der Waals surface area (Å²) in [5, 5.41) is 19.7. The molecular weight excluding hydrogens is 304 g/mol. The Morgan fingerprint density at radius 1 is 1.25 bits per heavy atom. The predicted molar refractivity (Wildman–Crippen MR) is 94.9 cm³/mol. The van der Waals surface area contributed by atoms with Gasteiger partial charge in [0.25, 0.3) is 0 Å². The highest BCUT2D eigenvalue weighted by molar-refractivity contribution is 5.89. The quantitative estimate of drug-likeness (QED) is 0.696. The third-order valence-corrected chi connectivity index (χ3v) is 4.18. The largest absolute Gasteiger partial charge is 0.391 e. The minimum atomic E-state index is -0.512. The summed E-state index contributed by atoms with van der Waals surface area (Å²) in [7, 11) is 0. The van der Waals surface area contributed by atoms with E-state index in [4.69, 9.17) is 0 Å². The molecule has 6 nitrogen and oxygen atoms in total. The standard InChI is InChI=1S/C18H26N4O2/c1-3-15(4-2)17(23)12-19-18(24)21-16-8-6-14(7-9-16)13-22-11-5-10-20-22/h5-11,15,17,23H,3-4,12-13H2,1-2H3,(H2,19,21,24). The van der Waals surface area contributed by atoms with E-state index in [2.05, 4.69) is 15.7 Å². The number of carbonyl (C=O) groups excluding carboxylic acids is 1. The second-order valence-corrected chi connectivity index (χ2v) is 5.88. The maximum absolute atomic E-state index is 11.9. The number of aliphatic hydroxyl groups is 1. The molecule has 0 saturated carbocycles. The normalized spacial score (nSPS) is 12.2. The van der Waals surface area contributed by atoms with Crippen molar-refractivity contribution in [1.82, 2.24) is 15.1 Å². The molecule has 6 heteroatoms. The van der Waals surface area contributed by atoms with E-state index in [0.29, 0.717) is 12.2 Å². The zero-order chi connectivity index (χ0) is 17.4. The lowest BCUT2D eigenvalue weighted by atomic mass is 9.97. The van der Waals surface area contributed by atoms with Gasteiger partial charge in [0, 0.05) is 24.6 Å². The van der Waals surface area contributed by atoms with E-state index in [0.717, 1.165) is 18.4 Å². The SMILES string of the molecule is CCC(CC)C(O)CNC(=O)Nc1ccc(Cn2cccn2)cc1. The molecule has 130 valence electrons. The number of anilines is 1. The molecule has 0 radical (unpaired) electrons. The summed E-state index contributed by atoms with van der Waals surface area (Å²) in [5.74, 6) is 0.215. The van der Waals surface area contributed by atoms with Crippen LogP contribution in [0.15, 0.2) is 42.7 Å². The van der Waals surface area contributed by atoms with Crippen molar-refractivity contribution in [3.05, 3.63) is 48.3 Å². The van der Waals surface area contributed by atoms with Crippen molar-refractivity contribution < 1.29 is 9.90 Å². The van der Waals surface area contributed by atoms with Gasteiger partial charge in [0.1, 0.15) is 0 Å². The number of aliphatic hydroxyl groups excluding tert-OH is 1. The summed E-state index contributed by atoms with van der Waals surface area (Å²) in [6.45, 7) is 5.04. The van der Waals surface area contributed by atoms with Crippen LogP contribution in [0.2, 0.25) is 0 Å². The Kier molecular flexibility index (Phi) is 6.81. The fraction of sp³-hybridized carbons (Fsp3) is 0.444. The Bertz CT molecular complexity index is 606. The van der Waals surface area contributed by atoms with E-state index >= 15 is 0 Å². The van der Waals surface area contributed by atoms with E-state index < -0.39 is 6.10 Å². The van der Waals surface area contributed by atoms with Crippen LogP contribution in [0.3, 0.4) is 0 Å². The molecule has 1 atom stereocenters. The lowest BCUT2D eigenvalue weighted by Gasteiger charge is -2.20. The lowest BCUT2D eigenvalue weighted by molar-refractivity contribution is 0.104. The van der Waals surface area contributed by atoms with Crippen LogP contribution in [-0.2, 0) is 6.54 Å². The van der Waals surface area contributed by atoms with E-state index in [1.165, 1.54) is 0 Å². The highest BCUT2D eigenvalue weighted by atomic mass is 16.3. The van der Waals surface area contributed by atoms with Crippen LogP contribution in [0.4, 0.5) is 10.5 Å². The number of rotatable bonds is 8. The molecule has 0 fully saturated rings. The van der Waals surface area contributed by atoms with Gasteiger partial charge in [0.05, 0.1) is 12.6 Å². The Hall–Kier alpha value is -2.34. The zero-order valence-electron chi connectivity index (χ0n) is 14.3. The van der Waals surface area contributed by atoms with Gasteiger partial charge >= 0.3 is 6.03 Å². The van der Waals surface area contributed by atoms with Gasteiger partial charge in [-0.3, -0.25) is 4.68 Å². The Morgan fingerprint density at radius 3 is 2.54 bits per heavy atom. The minimum absolute atomic E-state index is 0.215. The summed E-state index contributed by atoms with van der Waals surface area (Å²) < 4.78 is 1.84. The smallest absolute Gasteiger partial charge is 0.319 e. The van der Waals surface area contributed by atoms with Gasteiger partial charge in [0.15, 0.2) is 0 Å². The minimum Gasteiger partial charge on any atom is -0.391 e. The molecule has 2 rings (SSSR count). The zero-order valence-corrected chi connectivity index (χ0v) is 14.3. The van der Waals surface area contributed by atoms with Crippen molar-refractivity contribution in [3.63, 3.8) is 0 Å². The molecule has 0 aliphatic carbocycles. The molecule has 1 unspecified atom stereocenters. The van der Waals surface area contributed by atoms with Crippen molar-refractivity contribution in [1.29, 1.82) is 0 Å². The number of benzene rings is 1. The van der Waals surface area contributed by atoms with Crippen LogP contribution in [0, 0.1) is 5.92 Å². The van der Waals surface area contributed by atoms with Crippen LogP contribution >= 0.6 is 0 Å². The first-order valence-electron chi connectivity index (χ1n) is 8.41. The molecule has 3 N–H and O–H groups in total. The van der Waals surface area contributed by atoms with E-state index in [1.54, 1.807) is 6.20 Å². The number of urea groups is 1. The third kappa shape index (κ3) is 5.38. The maximum atomic E-state index is 11.9. The van der Waals surface area contributed by atoms with Gasteiger partial charge in [-0.05, 0) is 29.7 Å². The highest BCUT2D eigenvalue weighted by Gasteiger charge is 2.16. The fourth-order valence-electron chi connectivity index (χ4n) is 2.65. The van der Waals surface area contributed by atoms with Gasteiger partial charge in [-0.15, -0.1) is 0 Å². The molecule has 1 aromatic heterocycles. The van der Waals surface area contributed by atoms with Crippen LogP contribution in [-0.4, -0.2) is 33.6 Å². The summed E-state index contributed by atoms with van der Waals surface area (Å²) in [4.78, 5) is 11.9. The van der Waals surface area contributed by atoms with Gasteiger partial charge in [-0.1, -0.05) is 38.8 Å². The van der Waals surface area contributed by atoms with Crippen LogP contribution in [0.25, 0.3) is 0 Å². The molecule has 24 heavy (non-hydrogen) atoms. The molecule has 1 aromatic carbocycles. The van der Waals surface area contributed by atoms with Gasteiger partial charge < -0.3 is 15.7 Å². The molecule has 0 bridgehead atoms. The number of amides is 2. The van der Waals surface area contributed by atoms with Crippen LogP contribution < -0.4 is 10.6 Å². The maximum Gasteiger partial charge on any atom is 0.319 e. The van der Waals surface area contributed by atoms with Crippen molar-refractivity contribution in [3.8, 4) is 0 Å². The molecule has 0 spiro atoms. The van der Waals surface area contributed by atoms with Crippen molar-refractivity contribution >= 4 is 11.7 Å². The average molecular weight is 330 g/mol.